The van der Waals surface area contributed by atoms with Gasteiger partial charge in [-0.2, -0.15) is 5.26 Å². The SMILES string of the molecule is CC(C(=O)O)S(=O)(=O)NCCCCC#N. The van der Waals surface area contributed by atoms with Crippen molar-refractivity contribution in [1.82, 2.24) is 4.72 Å². The van der Waals surface area contributed by atoms with Crippen molar-refractivity contribution < 1.29 is 18.3 Å². The summed E-state index contributed by atoms with van der Waals surface area (Å²) in [7, 11) is -3.78. The Balaban J connectivity index is 3.96. The van der Waals surface area contributed by atoms with E-state index in [0.717, 1.165) is 6.92 Å². The van der Waals surface area contributed by atoms with Crippen molar-refractivity contribution in [1.29, 1.82) is 5.26 Å². The molecule has 0 radical (unpaired) electrons. The van der Waals surface area contributed by atoms with Gasteiger partial charge in [0.1, 0.15) is 0 Å². The lowest BCUT2D eigenvalue weighted by Crippen LogP contribution is -2.37. The van der Waals surface area contributed by atoms with E-state index >= 15 is 0 Å². The maximum atomic E-state index is 11.2. The van der Waals surface area contributed by atoms with Crippen LogP contribution in [0, 0.1) is 11.3 Å². The van der Waals surface area contributed by atoms with Gasteiger partial charge in [-0.05, 0) is 19.8 Å². The van der Waals surface area contributed by atoms with Gasteiger partial charge in [0.25, 0.3) is 0 Å². The summed E-state index contributed by atoms with van der Waals surface area (Å²) in [5, 5.41) is 15.3. The van der Waals surface area contributed by atoms with Crippen molar-refractivity contribution >= 4 is 16.0 Å². The Hall–Kier alpha value is -1.13. The molecule has 0 saturated carbocycles. The lowest BCUT2D eigenvalue weighted by atomic mass is 10.2. The molecular formula is C8H14N2O4S. The highest BCUT2D eigenvalue weighted by atomic mass is 32.2. The number of carboxylic acid groups (broad SMARTS) is 1. The standard InChI is InChI=1S/C8H14N2O4S/c1-7(8(11)12)15(13,14)10-6-4-2-3-5-9/h7,10H,2-4,6H2,1H3,(H,11,12). The fourth-order valence-corrected chi connectivity index (χ4v) is 1.75. The van der Waals surface area contributed by atoms with Crippen LogP contribution < -0.4 is 4.72 Å². The van der Waals surface area contributed by atoms with Crippen LogP contribution in [0.3, 0.4) is 0 Å². The van der Waals surface area contributed by atoms with Gasteiger partial charge in [0.05, 0.1) is 6.07 Å². The van der Waals surface area contributed by atoms with Gasteiger partial charge in [-0.1, -0.05) is 0 Å². The van der Waals surface area contributed by atoms with Crippen LogP contribution in [-0.2, 0) is 14.8 Å². The van der Waals surface area contributed by atoms with Crippen molar-refractivity contribution in [2.45, 2.75) is 31.4 Å². The van der Waals surface area contributed by atoms with Crippen LogP contribution in [0.5, 0.6) is 0 Å². The number of hydrogen-bond donors (Lipinski definition) is 2. The summed E-state index contributed by atoms with van der Waals surface area (Å²) in [5.41, 5.74) is 0. The van der Waals surface area contributed by atoms with Crippen molar-refractivity contribution in [2.75, 3.05) is 6.54 Å². The predicted molar refractivity (Wildman–Crippen MR) is 53.5 cm³/mol. The molecule has 15 heavy (non-hydrogen) atoms. The van der Waals surface area contributed by atoms with Crippen LogP contribution in [0.15, 0.2) is 0 Å². The maximum absolute atomic E-state index is 11.2. The molecule has 2 N–H and O–H groups in total. The Morgan fingerprint density at radius 1 is 1.53 bits per heavy atom. The van der Waals surface area contributed by atoms with Crippen LogP contribution in [0.25, 0.3) is 0 Å². The molecule has 0 rings (SSSR count). The van der Waals surface area contributed by atoms with E-state index < -0.39 is 21.2 Å². The van der Waals surface area contributed by atoms with Crippen LogP contribution in [0.1, 0.15) is 26.2 Å². The molecular weight excluding hydrogens is 220 g/mol. The summed E-state index contributed by atoms with van der Waals surface area (Å²) < 4.78 is 24.7. The van der Waals surface area contributed by atoms with Gasteiger partial charge in [-0.25, -0.2) is 13.1 Å². The number of rotatable bonds is 7. The van der Waals surface area contributed by atoms with Crippen molar-refractivity contribution in [3.63, 3.8) is 0 Å². The quantitative estimate of drug-likeness (QED) is 0.606. The number of unbranched alkanes of at least 4 members (excludes halogenated alkanes) is 2. The van der Waals surface area contributed by atoms with E-state index in [1.54, 1.807) is 0 Å². The molecule has 0 spiro atoms. The van der Waals surface area contributed by atoms with Gasteiger partial charge < -0.3 is 5.11 Å². The predicted octanol–water partition coefficient (Wildman–Crippen LogP) is 0.0728. The highest BCUT2D eigenvalue weighted by Crippen LogP contribution is 1.99. The molecule has 0 aromatic carbocycles. The van der Waals surface area contributed by atoms with E-state index in [1.165, 1.54) is 0 Å². The highest BCUT2D eigenvalue weighted by Gasteiger charge is 2.26. The summed E-state index contributed by atoms with van der Waals surface area (Å²) in [6.07, 6.45) is 1.50. The largest absolute Gasteiger partial charge is 0.480 e. The van der Waals surface area contributed by atoms with Crippen LogP contribution in [0.4, 0.5) is 0 Å². The van der Waals surface area contributed by atoms with Crippen LogP contribution in [0.2, 0.25) is 0 Å². The molecule has 0 aliphatic heterocycles. The second-order valence-corrected chi connectivity index (χ2v) is 5.12. The molecule has 0 saturated heterocycles. The smallest absolute Gasteiger partial charge is 0.323 e. The molecule has 7 heteroatoms. The summed E-state index contributed by atoms with van der Waals surface area (Å²) in [6.45, 7) is 1.28. The third-order valence-corrected chi connectivity index (χ3v) is 3.57. The summed E-state index contributed by atoms with van der Waals surface area (Å²) in [5.74, 6) is -1.38. The highest BCUT2D eigenvalue weighted by molar-refractivity contribution is 7.90. The average Bonchev–Trinajstić information content (AvgIpc) is 2.16. The molecule has 1 atom stereocenters. The number of sulfonamides is 1. The van der Waals surface area contributed by atoms with Gasteiger partial charge in [0, 0.05) is 13.0 Å². The van der Waals surface area contributed by atoms with E-state index in [1.807, 2.05) is 6.07 Å². The van der Waals surface area contributed by atoms with Gasteiger partial charge >= 0.3 is 5.97 Å². The van der Waals surface area contributed by atoms with Crippen LogP contribution >= 0.6 is 0 Å². The van der Waals surface area contributed by atoms with Crippen LogP contribution in [-0.4, -0.2) is 31.3 Å². The lowest BCUT2D eigenvalue weighted by molar-refractivity contribution is -0.136. The van der Waals surface area contributed by atoms with E-state index in [0.29, 0.717) is 19.3 Å². The normalized spacial score (nSPS) is 13.1. The summed E-state index contributed by atoms with van der Waals surface area (Å²) >= 11 is 0. The minimum atomic E-state index is -3.78. The molecule has 0 aliphatic rings. The topological polar surface area (TPSA) is 107 Å². The monoisotopic (exact) mass is 234 g/mol. The first kappa shape index (κ1) is 13.9. The first-order chi connectivity index (χ1) is 6.91. The molecule has 1 unspecified atom stereocenters. The average molecular weight is 234 g/mol. The molecule has 0 aromatic heterocycles. The maximum Gasteiger partial charge on any atom is 0.323 e. The minimum absolute atomic E-state index is 0.168. The van der Waals surface area contributed by atoms with Gasteiger partial charge in [0.15, 0.2) is 5.25 Å². The second kappa shape index (κ2) is 6.37. The van der Waals surface area contributed by atoms with Crippen molar-refractivity contribution in [3.05, 3.63) is 0 Å². The number of carbonyl (C=O) groups is 1. The molecule has 86 valence electrons. The Bertz CT molecular complexity index is 344. The Morgan fingerprint density at radius 3 is 2.60 bits per heavy atom. The number of nitriles is 1. The summed E-state index contributed by atoms with van der Waals surface area (Å²) in [4.78, 5) is 10.4. The minimum Gasteiger partial charge on any atom is -0.480 e. The first-order valence-corrected chi connectivity index (χ1v) is 6.04. The third-order valence-electron chi connectivity index (χ3n) is 1.83. The van der Waals surface area contributed by atoms with E-state index in [9.17, 15) is 13.2 Å². The first-order valence-electron chi connectivity index (χ1n) is 4.50. The zero-order valence-electron chi connectivity index (χ0n) is 8.43. The Labute approximate surface area is 89.0 Å². The number of hydrogen-bond acceptors (Lipinski definition) is 4. The molecule has 0 amide bonds. The molecule has 6 nitrogen and oxygen atoms in total. The van der Waals surface area contributed by atoms with E-state index in [4.69, 9.17) is 10.4 Å². The van der Waals surface area contributed by atoms with E-state index in [2.05, 4.69) is 4.72 Å². The third kappa shape index (κ3) is 5.34. The second-order valence-electron chi connectivity index (χ2n) is 3.04. The molecule has 0 bridgehead atoms. The van der Waals surface area contributed by atoms with Crippen molar-refractivity contribution in [2.24, 2.45) is 0 Å². The Kier molecular flexibility index (Phi) is 5.89. The zero-order chi connectivity index (χ0) is 11.9. The molecule has 0 heterocycles. The fraction of sp³-hybridized carbons (Fsp3) is 0.750. The number of carboxylic acids is 1. The van der Waals surface area contributed by atoms with E-state index in [-0.39, 0.29) is 6.54 Å². The van der Waals surface area contributed by atoms with Gasteiger partial charge in [-0.15, -0.1) is 0 Å². The van der Waals surface area contributed by atoms with Crippen molar-refractivity contribution in [3.8, 4) is 6.07 Å². The molecule has 0 aliphatic carbocycles. The lowest BCUT2D eigenvalue weighted by Gasteiger charge is -2.09. The fourth-order valence-electron chi connectivity index (χ4n) is 0.801. The summed E-state index contributed by atoms with van der Waals surface area (Å²) in [6, 6.07) is 1.93. The molecule has 0 fully saturated rings. The van der Waals surface area contributed by atoms with Gasteiger partial charge in [0.2, 0.25) is 10.0 Å². The zero-order valence-corrected chi connectivity index (χ0v) is 9.25. The Morgan fingerprint density at radius 2 is 2.13 bits per heavy atom. The van der Waals surface area contributed by atoms with Gasteiger partial charge in [-0.3, -0.25) is 4.79 Å². The number of aliphatic carboxylic acids is 1. The number of nitrogens with one attached hydrogen (secondary N) is 1. The number of nitrogens with zero attached hydrogens (tertiary/aromatic N) is 1. The molecule has 0 aromatic rings.